The lowest BCUT2D eigenvalue weighted by atomic mass is 9.68. The van der Waals surface area contributed by atoms with E-state index >= 15 is 0 Å². The molecule has 0 spiro atoms. The molecule has 0 amide bonds. The maximum absolute atomic E-state index is 13.3. The lowest BCUT2D eigenvalue weighted by molar-refractivity contribution is -0.239. The minimum absolute atomic E-state index is 0.0749. The lowest BCUT2D eigenvalue weighted by Crippen LogP contribution is -2.45. The second-order valence-corrected chi connectivity index (χ2v) is 7.23. The van der Waals surface area contributed by atoms with Crippen LogP contribution >= 0.6 is 0 Å². The molecule has 0 saturated heterocycles. The smallest absolute Gasteiger partial charge is 0.425 e. The predicted molar refractivity (Wildman–Crippen MR) is 69.0 cm³/mol. The number of hydrogen-bond donors (Lipinski definition) is 0. The Kier molecular flexibility index (Phi) is 2.77. The van der Waals surface area contributed by atoms with Crippen molar-refractivity contribution >= 4 is 5.97 Å². The van der Waals surface area contributed by atoms with Crippen molar-refractivity contribution in [3.8, 4) is 0 Å². The van der Waals surface area contributed by atoms with E-state index in [1.807, 2.05) is 0 Å². The van der Waals surface area contributed by atoms with Crippen LogP contribution in [0.25, 0.3) is 0 Å². The number of fused-ring (bicyclic) bond motifs is 9. The molecule has 8 atom stereocenters. The van der Waals surface area contributed by atoms with Gasteiger partial charge in [0.2, 0.25) is 0 Å². The molecule has 0 radical (unpaired) electrons. The first-order valence-electron chi connectivity index (χ1n) is 7.78. The summed E-state index contributed by atoms with van der Waals surface area (Å²) in [5.41, 5.74) is 0. The first kappa shape index (κ1) is 13.6. The minimum atomic E-state index is -4.45. The Labute approximate surface area is 121 Å². The molecule has 8 unspecified atom stereocenters. The Balaban J connectivity index is 1.60. The van der Waals surface area contributed by atoms with Gasteiger partial charge in [-0.25, -0.2) is 0 Å². The summed E-state index contributed by atoms with van der Waals surface area (Å²) in [7, 11) is 0. The standard InChI is InChI=1S/C16H19F3O2/c1-7(20)21-15(16(17,18)19)12-6-10-5-11(12)14-9-3-2-8(4-9)13(10)14/h2-3,8-15H,4-6H2,1H3. The van der Waals surface area contributed by atoms with Crippen molar-refractivity contribution in [1.82, 2.24) is 0 Å². The van der Waals surface area contributed by atoms with Gasteiger partial charge in [-0.3, -0.25) is 4.79 Å². The van der Waals surface area contributed by atoms with Crippen molar-refractivity contribution in [2.24, 2.45) is 41.4 Å². The van der Waals surface area contributed by atoms with Gasteiger partial charge in [0.05, 0.1) is 0 Å². The van der Waals surface area contributed by atoms with Crippen molar-refractivity contribution in [3.05, 3.63) is 12.2 Å². The summed E-state index contributed by atoms with van der Waals surface area (Å²) in [6.45, 7) is 1.06. The van der Waals surface area contributed by atoms with E-state index in [0.29, 0.717) is 36.0 Å². The number of halogens is 3. The van der Waals surface area contributed by atoms with Crippen LogP contribution in [0.15, 0.2) is 12.2 Å². The Morgan fingerprint density at radius 1 is 1.14 bits per heavy atom. The van der Waals surface area contributed by atoms with Gasteiger partial charge in [0, 0.05) is 12.8 Å². The number of rotatable bonds is 2. The zero-order chi connectivity index (χ0) is 14.9. The van der Waals surface area contributed by atoms with Crippen LogP contribution in [0.5, 0.6) is 0 Å². The normalized spacial score (nSPS) is 47.7. The Bertz CT molecular complexity index is 498. The Morgan fingerprint density at radius 3 is 2.43 bits per heavy atom. The average molecular weight is 300 g/mol. The third kappa shape index (κ3) is 1.88. The van der Waals surface area contributed by atoms with Crippen LogP contribution in [0.3, 0.4) is 0 Å². The summed E-state index contributed by atoms with van der Waals surface area (Å²) in [5.74, 6) is 1.14. The largest absolute Gasteiger partial charge is 0.453 e. The molecule has 0 aromatic heterocycles. The fraction of sp³-hybridized carbons (Fsp3) is 0.812. The van der Waals surface area contributed by atoms with Crippen molar-refractivity contribution in [1.29, 1.82) is 0 Å². The van der Waals surface area contributed by atoms with E-state index in [-0.39, 0.29) is 5.92 Å². The van der Waals surface area contributed by atoms with Gasteiger partial charge in [0.25, 0.3) is 0 Å². The van der Waals surface area contributed by atoms with E-state index in [2.05, 4.69) is 12.2 Å². The molecule has 116 valence electrons. The van der Waals surface area contributed by atoms with Crippen LogP contribution < -0.4 is 0 Å². The SMILES string of the molecule is CC(=O)OC(C1CC2CC1C1C3C=CC(C3)C21)C(F)(F)F. The second kappa shape index (κ2) is 4.26. The molecule has 4 aliphatic rings. The molecule has 2 nitrogen and oxygen atoms in total. The number of esters is 1. The summed E-state index contributed by atoms with van der Waals surface area (Å²) in [4.78, 5) is 11.1. The van der Waals surface area contributed by atoms with E-state index in [0.717, 1.165) is 19.8 Å². The van der Waals surface area contributed by atoms with E-state index in [1.165, 1.54) is 0 Å². The van der Waals surface area contributed by atoms with Gasteiger partial charge in [-0.15, -0.1) is 0 Å². The summed E-state index contributed by atoms with van der Waals surface area (Å²) in [5, 5.41) is 0. The molecule has 0 aromatic carbocycles. The second-order valence-electron chi connectivity index (χ2n) is 7.23. The lowest BCUT2D eigenvalue weighted by Gasteiger charge is -2.39. The molecule has 0 aromatic rings. The molecule has 4 rings (SSSR count). The molecule has 5 heteroatoms. The van der Waals surface area contributed by atoms with Crippen molar-refractivity contribution in [3.63, 3.8) is 0 Å². The number of allylic oxidation sites excluding steroid dienone is 2. The number of carbonyl (C=O) groups is 1. The first-order chi connectivity index (χ1) is 9.86. The average Bonchev–Trinajstić information content (AvgIpc) is 3.11. The minimum Gasteiger partial charge on any atom is -0.453 e. The highest BCUT2D eigenvalue weighted by atomic mass is 19.4. The summed E-state index contributed by atoms with van der Waals surface area (Å²) < 4.78 is 44.6. The third-order valence-electron chi connectivity index (χ3n) is 6.33. The highest BCUT2D eigenvalue weighted by molar-refractivity contribution is 5.66. The highest BCUT2D eigenvalue weighted by Crippen LogP contribution is 2.68. The molecule has 3 saturated carbocycles. The van der Waals surface area contributed by atoms with Crippen LogP contribution in [-0.4, -0.2) is 18.2 Å². The van der Waals surface area contributed by atoms with Gasteiger partial charge in [-0.05, 0) is 54.8 Å². The molecule has 21 heavy (non-hydrogen) atoms. The molecule has 4 aliphatic carbocycles. The van der Waals surface area contributed by atoms with E-state index in [1.54, 1.807) is 0 Å². The summed E-state index contributed by atoms with van der Waals surface area (Å²) in [6.07, 6.45) is 0.702. The maximum Gasteiger partial charge on any atom is 0.425 e. The van der Waals surface area contributed by atoms with Gasteiger partial charge >= 0.3 is 12.1 Å². The van der Waals surface area contributed by atoms with E-state index in [4.69, 9.17) is 4.74 Å². The maximum atomic E-state index is 13.3. The van der Waals surface area contributed by atoms with Crippen molar-refractivity contribution in [2.75, 3.05) is 0 Å². The molecular weight excluding hydrogens is 281 g/mol. The van der Waals surface area contributed by atoms with E-state index < -0.39 is 24.2 Å². The van der Waals surface area contributed by atoms with Gasteiger partial charge in [-0.2, -0.15) is 13.2 Å². The fourth-order valence-corrected chi connectivity index (χ4v) is 5.99. The van der Waals surface area contributed by atoms with Gasteiger partial charge < -0.3 is 4.74 Å². The quantitative estimate of drug-likeness (QED) is 0.443. The number of ether oxygens (including phenoxy) is 1. The number of hydrogen-bond acceptors (Lipinski definition) is 2. The summed E-state index contributed by atoms with van der Waals surface area (Å²) in [6, 6.07) is 0. The Morgan fingerprint density at radius 2 is 1.81 bits per heavy atom. The molecule has 0 N–H and O–H groups in total. The third-order valence-corrected chi connectivity index (χ3v) is 6.33. The van der Waals surface area contributed by atoms with Crippen molar-refractivity contribution in [2.45, 2.75) is 38.5 Å². The summed E-state index contributed by atoms with van der Waals surface area (Å²) >= 11 is 0. The van der Waals surface area contributed by atoms with Crippen LogP contribution in [0.1, 0.15) is 26.2 Å². The molecular formula is C16H19F3O2. The van der Waals surface area contributed by atoms with Crippen LogP contribution in [0.2, 0.25) is 0 Å². The highest BCUT2D eigenvalue weighted by Gasteiger charge is 2.65. The molecule has 4 bridgehead atoms. The molecule has 3 fully saturated rings. The Hall–Kier alpha value is -1.00. The number of carbonyl (C=O) groups excluding carboxylic acids is 1. The van der Waals surface area contributed by atoms with Gasteiger partial charge in [0.15, 0.2) is 6.10 Å². The number of alkyl halides is 3. The first-order valence-corrected chi connectivity index (χ1v) is 7.78. The zero-order valence-corrected chi connectivity index (χ0v) is 11.8. The van der Waals surface area contributed by atoms with Crippen LogP contribution in [0, 0.1) is 41.4 Å². The van der Waals surface area contributed by atoms with Crippen LogP contribution in [0.4, 0.5) is 13.2 Å². The monoisotopic (exact) mass is 300 g/mol. The molecule has 0 aliphatic heterocycles. The zero-order valence-electron chi connectivity index (χ0n) is 11.8. The van der Waals surface area contributed by atoms with Gasteiger partial charge in [0.1, 0.15) is 0 Å². The molecule has 0 heterocycles. The fourth-order valence-electron chi connectivity index (χ4n) is 5.99. The topological polar surface area (TPSA) is 26.3 Å². The van der Waals surface area contributed by atoms with Crippen LogP contribution in [-0.2, 0) is 9.53 Å². The van der Waals surface area contributed by atoms with Gasteiger partial charge in [-0.1, -0.05) is 12.2 Å². The van der Waals surface area contributed by atoms with E-state index in [9.17, 15) is 18.0 Å². The van der Waals surface area contributed by atoms with Crippen molar-refractivity contribution < 1.29 is 22.7 Å². The predicted octanol–water partition coefficient (Wildman–Crippen LogP) is 3.57.